The highest BCUT2D eigenvalue weighted by Gasteiger charge is 2.00. The lowest BCUT2D eigenvalue weighted by atomic mass is 10.2. The van der Waals surface area contributed by atoms with Crippen LogP contribution in [0.4, 0.5) is 4.39 Å². The van der Waals surface area contributed by atoms with Crippen LogP contribution in [0.15, 0.2) is 22.7 Å². The Morgan fingerprint density at radius 1 is 1.41 bits per heavy atom. The normalized spacial score (nSPS) is 11.1. The number of rotatable bonds is 7. The van der Waals surface area contributed by atoms with E-state index < -0.39 is 0 Å². The number of hydrogen-bond acceptors (Lipinski definition) is 2. The molecule has 0 radical (unpaired) electrons. The first-order valence-electron chi connectivity index (χ1n) is 5.82. The Hall–Kier alpha value is -0.450. The SMILES string of the molecule is CC(C)COCCNCc1ccc(Br)c(F)c1. The van der Waals surface area contributed by atoms with Crippen LogP contribution in [0.25, 0.3) is 0 Å². The Balaban J connectivity index is 2.16. The van der Waals surface area contributed by atoms with E-state index in [4.69, 9.17) is 4.74 Å². The molecule has 0 fully saturated rings. The van der Waals surface area contributed by atoms with Crippen molar-refractivity contribution >= 4 is 15.9 Å². The fraction of sp³-hybridized carbons (Fsp3) is 0.538. The second-order valence-corrected chi connectivity index (χ2v) is 5.25. The van der Waals surface area contributed by atoms with Crippen molar-refractivity contribution in [3.05, 3.63) is 34.1 Å². The van der Waals surface area contributed by atoms with Crippen molar-refractivity contribution in [3.8, 4) is 0 Å². The molecular formula is C13H19BrFNO. The molecule has 0 spiro atoms. The molecule has 1 rings (SSSR count). The van der Waals surface area contributed by atoms with E-state index in [2.05, 4.69) is 35.1 Å². The van der Waals surface area contributed by atoms with E-state index in [-0.39, 0.29) is 5.82 Å². The van der Waals surface area contributed by atoms with Crippen LogP contribution in [0.5, 0.6) is 0 Å². The van der Waals surface area contributed by atoms with Crippen LogP contribution in [-0.4, -0.2) is 19.8 Å². The van der Waals surface area contributed by atoms with E-state index in [0.717, 1.165) is 18.7 Å². The molecule has 0 saturated heterocycles. The molecule has 1 aromatic carbocycles. The van der Waals surface area contributed by atoms with Crippen molar-refractivity contribution in [2.24, 2.45) is 5.92 Å². The van der Waals surface area contributed by atoms with Crippen molar-refractivity contribution < 1.29 is 9.13 Å². The van der Waals surface area contributed by atoms with Gasteiger partial charge in [-0.05, 0) is 39.5 Å². The van der Waals surface area contributed by atoms with Crippen LogP contribution in [0.1, 0.15) is 19.4 Å². The van der Waals surface area contributed by atoms with E-state index in [9.17, 15) is 4.39 Å². The number of nitrogens with one attached hydrogen (secondary N) is 1. The molecule has 0 bridgehead atoms. The predicted octanol–water partition coefficient (Wildman–Crippen LogP) is 3.35. The second-order valence-electron chi connectivity index (χ2n) is 4.39. The molecule has 17 heavy (non-hydrogen) atoms. The quantitative estimate of drug-likeness (QED) is 0.780. The third-order valence-electron chi connectivity index (χ3n) is 2.19. The van der Waals surface area contributed by atoms with Crippen molar-refractivity contribution in [1.82, 2.24) is 5.32 Å². The van der Waals surface area contributed by atoms with Crippen LogP contribution in [0.2, 0.25) is 0 Å². The maximum Gasteiger partial charge on any atom is 0.137 e. The van der Waals surface area contributed by atoms with Gasteiger partial charge in [-0.2, -0.15) is 0 Å². The fourth-order valence-electron chi connectivity index (χ4n) is 1.35. The average molecular weight is 304 g/mol. The summed E-state index contributed by atoms with van der Waals surface area (Å²) in [6.45, 7) is 7.17. The third kappa shape index (κ3) is 6.15. The van der Waals surface area contributed by atoms with E-state index in [0.29, 0.717) is 23.5 Å². The fourth-order valence-corrected chi connectivity index (χ4v) is 1.59. The zero-order valence-corrected chi connectivity index (χ0v) is 11.9. The Labute approximate surface area is 111 Å². The summed E-state index contributed by atoms with van der Waals surface area (Å²) in [4.78, 5) is 0. The van der Waals surface area contributed by atoms with E-state index >= 15 is 0 Å². The van der Waals surface area contributed by atoms with Crippen LogP contribution in [0.3, 0.4) is 0 Å². The van der Waals surface area contributed by atoms with Gasteiger partial charge < -0.3 is 10.1 Å². The minimum atomic E-state index is -0.222. The van der Waals surface area contributed by atoms with Gasteiger partial charge >= 0.3 is 0 Å². The van der Waals surface area contributed by atoms with Gasteiger partial charge in [0.2, 0.25) is 0 Å². The first-order chi connectivity index (χ1) is 8.09. The molecule has 0 saturated carbocycles. The van der Waals surface area contributed by atoms with Crippen LogP contribution < -0.4 is 5.32 Å². The van der Waals surface area contributed by atoms with Gasteiger partial charge in [0.05, 0.1) is 11.1 Å². The van der Waals surface area contributed by atoms with Crippen LogP contribution >= 0.6 is 15.9 Å². The van der Waals surface area contributed by atoms with Gasteiger partial charge in [0.1, 0.15) is 5.82 Å². The summed E-state index contributed by atoms with van der Waals surface area (Å²) >= 11 is 3.13. The number of benzene rings is 1. The van der Waals surface area contributed by atoms with Crippen molar-refractivity contribution in [1.29, 1.82) is 0 Å². The van der Waals surface area contributed by atoms with Crippen molar-refractivity contribution in [2.75, 3.05) is 19.8 Å². The minimum absolute atomic E-state index is 0.222. The first kappa shape index (κ1) is 14.6. The predicted molar refractivity (Wildman–Crippen MR) is 71.5 cm³/mol. The average Bonchev–Trinajstić information content (AvgIpc) is 2.27. The van der Waals surface area contributed by atoms with Gasteiger partial charge in [-0.25, -0.2) is 4.39 Å². The zero-order valence-electron chi connectivity index (χ0n) is 10.3. The standard InChI is InChI=1S/C13H19BrFNO/c1-10(2)9-17-6-5-16-8-11-3-4-12(14)13(15)7-11/h3-4,7,10,16H,5-6,8-9H2,1-2H3. The summed E-state index contributed by atoms with van der Waals surface area (Å²) in [6.07, 6.45) is 0. The van der Waals surface area contributed by atoms with Gasteiger partial charge in [-0.3, -0.25) is 0 Å². The lowest BCUT2D eigenvalue weighted by Crippen LogP contribution is -2.20. The van der Waals surface area contributed by atoms with Crippen molar-refractivity contribution in [3.63, 3.8) is 0 Å². The zero-order chi connectivity index (χ0) is 12.7. The highest BCUT2D eigenvalue weighted by Crippen LogP contribution is 2.16. The third-order valence-corrected chi connectivity index (χ3v) is 2.83. The number of ether oxygens (including phenoxy) is 1. The molecule has 0 atom stereocenters. The molecule has 0 aromatic heterocycles. The molecule has 0 amide bonds. The molecule has 0 aliphatic heterocycles. The number of hydrogen-bond donors (Lipinski definition) is 1. The van der Waals surface area contributed by atoms with Gasteiger partial charge in [0.25, 0.3) is 0 Å². The molecule has 0 unspecified atom stereocenters. The summed E-state index contributed by atoms with van der Waals surface area (Å²) in [5.74, 6) is 0.343. The van der Waals surface area contributed by atoms with Crippen molar-refractivity contribution in [2.45, 2.75) is 20.4 Å². The molecule has 1 N–H and O–H groups in total. The largest absolute Gasteiger partial charge is 0.380 e. The Kier molecular flexibility index (Phi) is 6.70. The van der Waals surface area contributed by atoms with Gasteiger partial charge in [0, 0.05) is 19.7 Å². The Morgan fingerprint density at radius 2 is 2.18 bits per heavy atom. The maximum absolute atomic E-state index is 13.2. The molecule has 0 aliphatic carbocycles. The molecule has 0 heterocycles. The monoisotopic (exact) mass is 303 g/mol. The lowest BCUT2D eigenvalue weighted by molar-refractivity contribution is 0.111. The highest BCUT2D eigenvalue weighted by molar-refractivity contribution is 9.10. The maximum atomic E-state index is 13.2. The first-order valence-corrected chi connectivity index (χ1v) is 6.61. The summed E-state index contributed by atoms with van der Waals surface area (Å²) in [5.41, 5.74) is 0.939. The van der Waals surface area contributed by atoms with Gasteiger partial charge in [-0.15, -0.1) is 0 Å². The Morgan fingerprint density at radius 3 is 2.82 bits per heavy atom. The molecule has 0 aliphatic rings. The minimum Gasteiger partial charge on any atom is -0.380 e. The van der Waals surface area contributed by atoms with Gasteiger partial charge in [0.15, 0.2) is 0 Å². The number of halogens is 2. The molecular weight excluding hydrogens is 285 g/mol. The summed E-state index contributed by atoms with van der Waals surface area (Å²) in [6, 6.07) is 5.16. The summed E-state index contributed by atoms with van der Waals surface area (Å²) in [5, 5.41) is 3.22. The lowest BCUT2D eigenvalue weighted by Gasteiger charge is -2.08. The molecule has 4 heteroatoms. The summed E-state index contributed by atoms with van der Waals surface area (Å²) in [7, 11) is 0. The van der Waals surface area contributed by atoms with E-state index in [1.165, 1.54) is 6.07 Å². The molecule has 96 valence electrons. The van der Waals surface area contributed by atoms with Gasteiger partial charge in [-0.1, -0.05) is 19.9 Å². The highest BCUT2D eigenvalue weighted by atomic mass is 79.9. The topological polar surface area (TPSA) is 21.3 Å². The summed E-state index contributed by atoms with van der Waals surface area (Å²) < 4.78 is 19.1. The molecule has 1 aromatic rings. The van der Waals surface area contributed by atoms with Crippen LogP contribution in [0, 0.1) is 11.7 Å². The van der Waals surface area contributed by atoms with E-state index in [1.54, 1.807) is 6.07 Å². The molecule has 2 nitrogen and oxygen atoms in total. The smallest absolute Gasteiger partial charge is 0.137 e. The van der Waals surface area contributed by atoms with Crippen LogP contribution in [-0.2, 0) is 11.3 Å². The second kappa shape index (κ2) is 7.80. The van der Waals surface area contributed by atoms with E-state index in [1.807, 2.05) is 6.07 Å². The Bertz CT molecular complexity index is 344.